The number of likely N-dealkylation sites (N-methyl/N-ethyl adjacent to an activating group) is 1. The quantitative estimate of drug-likeness (QED) is 0.691. The highest BCUT2D eigenvalue weighted by Gasteiger charge is 2.26. The molecule has 0 spiro atoms. The maximum Gasteiger partial charge on any atom is 0.261 e. The molecule has 2 aromatic rings. The van der Waals surface area contributed by atoms with Crippen LogP contribution in [0.2, 0.25) is 0 Å². The number of hydrogen-bond donors (Lipinski definition) is 1. The van der Waals surface area contributed by atoms with Crippen molar-refractivity contribution in [2.24, 2.45) is 0 Å². The summed E-state index contributed by atoms with van der Waals surface area (Å²) in [5.74, 6) is 0.249. The van der Waals surface area contributed by atoms with Crippen LogP contribution in [0, 0.1) is 6.92 Å². The van der Waals surface area contributed by atoms with Crippen LogP contribution in [0.5, 0.6) is 5.75 Å². The molecule has 0 aliphatic heterocycles. The first-order valence-corrected chi connectivity index (χ1v) is 9.71. The van der Waals surface area contributed by atoms with Crippen LogP contribution in [-0.2, 0) is 16.1 Å². The predicted octanol–water partition coefficient (Wildman–Crippen LogP) is 3.69. The number of nitrogens with zero attached hydrogens (tertiary/aromatic N) is 1. The summed E-state index contributed by atoms with van der Waals surface area (Å²) in [4.78, 5) is 26.7. The van der Waals surface area contributed by atoms with Gasteiger partial charge in [-0.3, -0.25) is 9.59 Å². The second-order valence-electron chi connectivity index (χ2n) is 6.27. The second-order valence-corrected chi connectivity index (χ2v) is 7.19. The molecule has 5 nitrogen and oxygen atoms in total. The molecule has 0 aliphatic rings. The van der Waals surface area contributed by atoms with Gasteiger partial charge in [0, 0.05) is 17.6 Å². The molecule has 0 bridgehead atoms. The highest BCUT2D eigenvalue weighted by Crippen LogP contribution is 2.18. The van der Waals surface area contributed by atoms with E-state index in [4.69, 9.17) is 4.74 Å². The Morgan fingerprint density at radius 3 is 2.44 bits per heavy atom. The van der Waals surface area contributed by atoms with E-state index < -0.39 is 6.04 Å². The average molecular weight is 433 g/mol. The number of rotatable bonds is 8. The van der Waals surface area contributed by atoms with Crippen molar-refractivity contribution in [1.82, 2.24) is 10.2 Å². The molecule has 2 amide bonds. The Hall–Kier alpha value is -2.34. The zero-order chi connectivity index (χ0) is 19.8. The molecular weight excluding hydrogens is 408 g/mol. The number of nitrogens with one attached hydrogen (secondary N) is 1. The molecule has 144 valence electrons. The molecule has 1 unspecified atom stereocenters. The molecule has 2 aromatic carbocycles. The van der Waals surface area contributed by atoms with E-state index in [2.05, 4.69) is 21.2 Å². The lowest BCUT2D eigenvalue weighted by atomic mass is 10.1. The first-order chi connectivity index (χ1) is 12.9. The van der Waals surface area contributed by atoms with Crippen molar-refractivity contribution in [1.29, 1.82) is 0 Å². The van der Waals surface area contributed by atoms with Gasteiger partial charge in [0.2, 0.25) is 5.91 Å². The first kappa shape index (κ1) is 21.0. The van der Waals surface area contributed by atoms with Crippen molar-refractivity contribution >= 4 is 27.7 Å². The standard InChI is InChI=1S/C21H25BrN2O3/c1-4-23-21(26)16(3)24(13-17-9-11-18(22)12-10-17)20(25)14-27-19-8-6-5-7-15(19)2/h5-12,16H,4,13-14H2,1-3H3,(H,23,26). The number of carbonyl (C=O) groups is 2. The van der Waals surface area contributed by atoms with Crippen LogP contribution >= 0.6 is 15.9 Å². The summed E-state index contributed by atoms with van der Waals surface area (Å²) in [6.07, 6.45) is 0. The van der Waals surface area contributed by atoms with E-state index in [9.17, 15) is 9.59 Å². The average Bonchev–Trinajstić information content (AvgIpc) is 2.66. The highest BCUT2D eigenvalue weighted by atomic mass is 79.9. The van der Waals surface area contributed by atoms with Crippen LogP contribution in [0.25, 0.3) is 0 Å². The Labute approximate surface area is 168 Å². The van der Waals surface area contributed by atoms with Crippen molar-refractivity contribution in [2.75, 3.05) is 13.2 Å². The van der Waals surface area contributed by atoms with Gasteiger partial charge in [0.05, 0.1) is 0 Å². The van der Waals surface area contributed by atoms with Crippen LogP contribution in [0.4, 0.5) is 0 Å². The summed E-state index contributed by atoms with van der Waals surface area (Å²) in [5, 5.41) is 2.78. The topological polar surface area (TPSA) is 58.6 Å². The summed E-state index contributed by atoms with van der Waals surface area (Å²) in [7, 11) is 0. The van der Waals surface area contributed by atoms with Crippen molar-refractivity contribution in [3.8, 4) is 5.75 Å². The molecule has 0 aliphatic carbocycles. The normalized spacial score (nSPS) is 11.6. The van der Waals surface area contributed by atoms with Crippen LogP contribution in [0.15, 0.2) is 53.0 Å². The molecule has 0 saturated carbocycles. The molecule has 0 aromatic heterocycles. The largest absolute Gasteiger partial charge is 0.484 e. The van der Waals surface area contributed by atoms with Gasteiger partial charge in [0.15, 0.2) is 6.61 Å². The summed E-state index contributed by atoms with van der Waals surface area (Å²) < 4.78 is 6.66. The van der Waals surface area contributed by atoms with Crippen LogP contribution < -0.4 is 10.1 Å². The Bertz CT molecular complexity index is 777. The lowest BCUT2D eigenvalue weighted by molar-refractivity contribution is -0.142. The predicted molar refractivity (Wildman–Crippen MR) is 110 cm³/mol. The van der Waals surface area contributed by atoms with E-state index in [-0.39, 0.29) is 18.4 Å². The molecule has 27 heavy (non-hydrogen) atoms. The van der Waals surface area contributed by atoms with Gasteiger partial charge >= 0.3 is 0 Å². The molecule has 1 atom stereocenters. The molecule has 0 radical (unpaired) electrons. The minimum absolute atomic E-state index is 0.120. The van der Waals surface area contributed by atoms with Gasteiger partial charge in [-0.1, -0.05) is 46.3 Å². The van der Waals surface area contributed by atoms with E-state index in [0.29, 0.717) is 18.8 Å². The lowest BCUT2D eigenvalue weighted by Gasteiger charge is -2.28. The molecule has 2 rings (SSSR count). The lowest BCUT2D eigenvalue weighted by Crippen LogP contribution is -2.49. The molecule has 0 fully saturated rings. The highest BCUT2D eigenvalue weighted by molar-refractivity contribution is 9.10. The second kappa shape index (κ2) is 10.1. The number of benzene rings is 2. The van der Waals surface area contributed by atoms with Gasteiger partial charge in [0.1, 0.15) is 11.8 Å². The summed E-state index contributed by atoms with van der Waals surface area (Å²) in [6, 6.07) is 14.6. The SMILES string of the molecule is CCNC(=O)C(C)N(Cc1ccc(Br)cc1)C(=O)COc1ccccc1C. The number of aryl methyl sites for hydroxylation is 1. The molecule has 0 saturated heterocycles. The van der Waals surface area contributed by atoms with Crippen molar-refractivity contribution in [2.45, 2.75) is 33.4 Å². The number of ether oxygens (including phenoxy) is 1. The maximum atomic E-state index is 12.9. The van der Waals surface area contributed by atoms with Crippen LogP contribution in [0.1, 0.15) is 25.0 Å². The number of halogens is 1. The minimum atomic E-state index is -0.596. The van der Waals surface area contributed by atoms with E-state index in [1.807, 2.05) is 62.4 Å². The Morgan fingerprint density at radius 2 is 1.81 bits per heavy atom. The van der Waals surface area contributed by atoms with Gasteiger partial charge in [-0.25, -0.2) is 0 Å². The summed E-state index contributed by atoms with van der Waals surface area (Å²) in [6.45, 7) is 6.24. The van der Waals surface area contributed by atoms with Crippen LogP contribution in [0.3, 0.4) is 0 Å². The van der Waals surface area contributed by atoms with Crippen LogP contribution in [-0.4, -0.2) is 35.9 Å². The Balaban J connectivity index is 2.14. The molecule has 6 heteroatoms. The fraction of sp³-hybridized carbons (Fsp3) is 0.333. The van der Waals surface area contributed by atoms with E-state index in [0.717, 1.165) is 15.6 Å². The third kappa shape index (κ3) is 6.10. The van der Waals surface area contributed by atoms with Crippen molar-refractivity contribution in [3.05, 3.63) is 64.1 Å². The Morgan fingerprint density at radius 1 is 1.15 bits per heavy atom. The number of amides is 2. The van der Waals surface area contributed by atoms with E-state index >= 15 is 0 Å². The van der Waals surface area contributed by atoms with Gasteiger partial charge in [-0.05, 0) is 50.1 Å². The van der Waals surface area contributed by atoms with E-state index in [1.54, 1.807) is 11.8 Å². The summed E-state index contributed by atoms with van der Waals surface area (Å²) in [5.41, 5.74) is 1.90. The third-order valence-electron chi connectivity index (χ3n) is 4.23. The zero-order valence-electron chi connectivity index (χ0n) is 15.9. The molecule has 1 N–H and O–H groups in total. The van der Waals surface area contributed by atoms with Gasteiger partial charge in [-0.15, -0.1) is 0 Å². The van der Waals surface area contributed by atoms with Crippen molar-refractivity contribution < 1.29 is 14.3 Å². The fourth-order valence-corrected chi connectivity index (χ4v) is 2.90. The Kier molecular flexibility index (Phi) is 7.85. The van der Waals surface area contributed by atoms with Gasteiger partial charge in [-0.2, -0.15) is 0 Å². The smallest absolute Gasteiger partial charge is 0.261 e. The maximum absolute atomic E-state index is 12.9. The molecule has 0 heterocycles. The van der Waals surface area contributed by atoms with E-state index in [1.165, 1.54) is 0 Å². The minimum Gasteiger partial charge on any atom is -0.484 e. The van der Waals surface area contributed by atoms with Crippen molar-refractivity contribution in [3.63, 3.8) is 0 Å². The monoisotopic (exact) mass is 432 g/mol. The number of carbonyl (C=O) groups excluding carboxylic acids is 2. The van der Waals surface area contributed by atoms with Gasteiger partial charge in [0.25, 0.3) is 5.91 Å². The zero-order valence-corrected chi connectivity index (χ0v) is 17.5. The fourth-order valence-electron chi connectivity index (χ4n) is 2.63. The van der Waals surface area contributed by atoms with Gasteiger partial charge < -0.3 is 15.0 Å². The molecular formula is C21H25BrN2O3. The third-order valence-corrected chi connectivity index (χ3v) is 4.76. The summed E-state index contributed by atoms with van der Waals surface area (Å²) >= 11 is 3.41. The number of hydrogen-bond acceptors (Lipinski definition) is 3. The first-order valence-electron chi connectivity index (χ1n) is 8.92. The number of para-hydroxylation sites is 1.